The number of aryl methyl sites for hydroxylation is 1. The van der Waals surface area contributed by atoms with Crippen molar-refractivity contribution in [1.82, 2.24) is 20.5 Å². The summed E-state index contributed by atoms with van der Waals surface area (Å²) in [6.45, 7) is 5.55. The minimum atomic E-state index is -2.57. The van der Waals surface area contributed by atoms with Crippen molar-refractivity contribution in [3.63, 3.8) is 0 Å². The molecular weight excluding hydrogens is 577 g/mol. The van der Waals surface area contributed by atoms with Crippen LogP contribution < -0.4 is 47.9 Å². The number of benzene rings is 1. The second kappa shape index (κ2) is 13.2. The summed E-state index contributed by atoms with van der Waals surface area (Å²) in [6.07, 6.45) is 2.62. The Labute approximate surface area is 254 Å². The Kier molecular flexibility index (Phi) is 10.9. The van der Waals surface area contributed by atoms with Gasteiger partial charge in [-0.1, -0.05) is 36.4 Å². The van der Waals surface area contributed by atoms with Crippen LogP contribution in [0, 0.1) is 18.8 Å². The number of alkyl halides is 2. The molecule has 1 aliphatic carbocycles. The summed E-state index contributed by atoms with van der Waals surface area (Å²) in [4.78, 5) is 21.4. The number of piperidine rings is 1. The highest BCUT2D eigenvalue weighted by Crippen LogP contribution is 2.46. The number of hydrogen-bond acceptors (Lipinski definition) is 4. The van der Waals surface area contributed by atoms with Crippen molar-refractivity contribution in [2.24, 2.45) is 11.8 Å². The Bertz CT molecular complexity index is 1150. The van der Waals surface area contributed by atoms with Crippen molar-refractivity contribution >= 4 is 5.91 Å². The van der Waals surface area contributed by atoms with Crippen LogP contribution in [-0.4, -0.2) is 53.9 Å². The fourth-order valence-corrected chi connectivity index (χ4v) is 7.64. The predicted octanol–water partition coefficient (Wildman–Crippen LogP) is -4.44. The molecule has 0 unspecified atom stereocenters. The number of amides is 1. The number of aromatic nitrogens is 1. The fourth-order valence-electron chi connectivity index (χ4n) is 7.64. The van der Waals surface area contributed by atoms with Crippen LogP contribution >= 0.6 is 0 Å². The van der Waals surface area contributed by atoms with E-state index in [9.17, 15) is 13.6 Å². The molecule has 222 valence electrons. The highest BCUT2D eigenvalue weighted by atomic mass is 35.5. The van der Waals surface area contributed by atoms with Gasteiger partial charge in [0.2, 0.25) is 11.8 Å². The molecule has 2 saturated heterocycles. The highest BCUT2D eigenvalue weighted by molar-refractivity contribution is 5.82. The van der Waals surface area contributed by atoms with Gasteiger partial charge in [0, 0.05) is 62.7 Å². The molecule has 1 spiro atoms. The van der Waals surface area contributed by atoms with Crippen molar-refractivity contribution in [2.75, 3.05) is 26.2 Å². The topological polar surface area (TPSA) is 57.3 Å². The van der Waals surface area contributed by atoms with Crippen molar-refractivity contribution < 1.29 is 50.8 Å². The lowest BCUT2D eigenvalue weighted by Gasteiger charge is -2.48. The molecule has 40 heavy (non-hydrogen) atoms. The van der Waals surface area contributed by atoms with E-state index >= 15 is 0 Å². The predicted molar refractivity (Wildman–Crippen MR) is 140 cm³/mol. The average Bonchev–Trinajstić information content (AvgIpc) is 3.32. The number of nitrogens with one attached hydrogen (secondary N) is 2. The normalized spacial score (nSPS) is 29.5. The van der Waals surface area contributed by atoms with E-state index in [0.717, 1.165) is 43.9 Å². The lowest BCUT2D eigenvalue weighted by molar-refractivity contribution is -0.144. The standard InChI is InChI=1S/C30H38F2N4O.3ClH/c1-20-7-8-24-26(35-20)17-34-19-29(24)18-33-16-25(29)28(37)36-14-11-23(21-5-3-2-4-6-21)15-27(36)22-9-12-30(31,32)13-10-22;;;/h2-8,22-23,25,27,33-34H,9-19H2,1H3;3*1H/p-3/t23-,25+,27+,29-;;;/m1.../s1. The first kappa shape index (κ1) is 33.0. The van der Waals surface area contributed by atoms with Crippen LogP contribution in [-0.2, 0) is 16.8 Å². The summed E-state index contributed by atoms with van der Waals surface area (Å²) in [7, 11) is 0. The molecule has 1 amide bonds. The van der Waals surface area contributed by atoms with Gasteiger partial charge < -0.3 is 52.8 Å². The molecular formula is C30H38Cl3F2N4O-3. The number of fused-ring (bicyclic) bond motifs is 2. The number of nitrogens with zero attached hydrogens (tertiary/aromatic N) is 2. The molecule has 0 bridgehead atoms. The number of likely N-dealkylation sites (tertiary alicyclic amines) is 1. The van der Waals surface area contributed by atoms with Crippen LogP contribution in [0.2, 0.25) is 0 Å². The Morgan fingerprint density at radius 3 is 2.40 bits per heavy atom. The maximum atomic E-state index is 14.5. The third-order valence-electron chi connectivity index (χ3n) is 9.64. The molecule has 5 nitrogen and oxygen atoms in total. The van der Waals surface area contributed by atoms with Gasteiger partial charge in [0.15, 0.2) is 0 Å². The maximum Gasteiger partial charge on any atom is 0.248 e. The quantitative estimate of drug-likeness (QED) is 0.367. The van der Waals surface area contributed by atoms with E-state index in [4.69, 9.17) is 4.98 Å². The molecule has 3 aliphatic heterocycles. The van der Waals surface area contributed by atoms with E-state index < -0.39 is 5.92 Å². The molecule has 2 aromatic rings. The number of pyridine rings is 1. The minimum absolute atomic E-state index is 0. The molecule has 2 N–H and O–H groups in total. The second-order valence-corrected chi connectivity index (χ2v) is 11.8. The number of halogens is 5. The second-order valence-electron chi connectivity index (χ2n) is 11.8. The van der Waals surface area contributed by atoms with Gasteiger partial charge in [-0.25, -0.2) is 8.78 Å². The molecule has 10 heteroatoms. The fraction of sp³-hybridized carbons (Fsp3) is 0.600. The zero-order valence-electron chi connectivity index (χ0n) is 22.8. The first-order chi connectivity index (χ1) is 17.9. The van der Waals surface area contributed by atoms with Gasteiger partial charge >= 0.3 is 0 Å². The van der Waals surface area contributed by atoms with Crippen LogP contribution in [0.4, 0.5) is 8.78 Å². The van der Waals surface area contributed by atoms with Gasteiger partial charge in [0.05, 0.1) is 11.6 Å². The van der Waals surface area contributed by atoms with Crippen LogP contribution in [0.5, 0.6) is 0 Å². The number of carbonyl (C=O) groups excluding carboxylic acids is 1. The Morgan fingerprint density at radius 2 is 1.68 bits per heavy atom. The van der Waals surface area contributed by atoms with E-state index in [1.165, 1.54) is 11.1 Å². The highest BCUT2D eigenvalue weighted by Gasteiger charge is 2.53. The Balaban J connectivity index is 0.00000147. The molecule has 4 atom stereocenters. The van der Waals surface area contributed by atoms with Crippen molar-refractivity contribution in [2.45, 2.75) is 75.3 Å². The van der Waals surface area contributed by atoms with Gasteiger partial charge in [0.1, 0.15) is 0 Å². The van der Waals surface area contributed by atoms with Gasteiger partial charge in [-0.3, -0.25) is 9.78 Å². The molecule has 1 saturated carbocycles. The average molecular weight is 615 g/mol. The lowest BCUT2D eigenvalue weighted by Crippen LogP contribution is -3.00. The minimum Gasteiger partial charge on any atom is -1.00 e. The van der Waals surface area contributed by atoms with Gasteiger partial charge in [-0.15, -0.1) is 0 Å². The van der Waals surface area contributed by atoms with Crippen molar-refractivity contribution in [3.05, 3.63) is 65.0 Å². The van der Waals surface area contributed by atoms with E-state index in [1.54, 1.807) is 0 Å². The summed E-state index contributed by atoms with van der Waals surface area (Å²) >= 11 is 0. The van der Waals surface area contributed by atoms with Gasteiger partial charge in [-0.2, -0.15) is 0 Å². The van der Waals surface area contributed by atoms with Crippen LogP contribution in [0.15, 0.2) is 42.5 Å². The summed E-state index contributed by atoms with van der Waals surface area (Å²) in [5.41, 5.74) is 4.19. The van der Waals surface area contributed by atoms with E-state index in [-0.39, 0.29) is 79.3 Å². The smallest absolute Gasteiger partial charge is 0.248 e. The van der Waals surface area contributed by atoms with Crippen LogP contribution in [0.25, 0.3) is 0 Å². The van der Waals surface area contributed by atoms with E-state index in [0.29, 0.717) is 31.8 Å². The Hall–Kier alpha value is -1.51. The van der Waals surface area contributed by atoms with Gasteiger partial charge in [0.25, 0.3) is 0 Å². The molecule has 3 fully saturated rings. The van der Waals surface area contributed by atoms with E-state index in [2.05, 4.69) is 51.9 Å². The van der Waals surface area contributed by atoms with E-state index in [1.807, 2.05) is 13.0 Å². The lowest BCUT2D eigenvalue weighted by atomic mass is 9.68. The van der Waals surface area contributed by atoms with Crippen LogP contribution in [0.1, 0.15) is 67.0 Å². The first-order valence-corrected chi connectivity index (χ1v) is 14.0. The molecule has 6 rings (SSSR count). The SMILES string of the molecule is Cc1ccc2c(n1)CNC[C@]21CNC[C@H]1C(=O)N1CC[C@@H](c2ccccc2)C[C@H]1C1CCC(F)(F)CC1.[Cl-].[Cl-].[Cl-]. The number of carbonyl (C=O) groups is 1. The summed E-state index contributed by atoms with van der Waals surface area (Å²) in [6, 6.07) is 14.7. The Morgan fingerprint density at radius 1 is 0.975 bits per heavy atom. The largest absolute Gasteiger partial charge is 1.00 e. The monoisotopic (exact) mass is 613 g/mol. The third kappa shape index (κ3) is 6.14. The summed E-state index contributed by atoms with van der Waals surface area (Å²) in [5.74, 6) is -2.08. The van der Waals surface area contributed by atoms with Crippen molar-refractivity contribution in [3.8, 4) is 0 Å². The zero-order valence-corrected chi connectivity index (χ0v) is 25.1. The number of hydrogen-bond donors (Lipinski definition) is 2. The maximum absolute atomic E-state index is 14.5. The van der Waals surface area contributed by atoms with Gasteiger partial charge in [-0.05, 0) is 61.6 Å². The summed E-state index contributed by atoms with van der Waals surface area (Å²) < 4.78 is 28.2. The molecule has 1 aromatic heterocycles. The molecule has 1 aromatic carbocycles. The van der Waals surface area contributed by atoms with Crippen molar-refractivity contribution in [1.29, 1.82) is 0 Å². The first-order valence-electron chi connectivity index (χ1n) is 14.0. The third-order valence-corrected chi connectivity index (χ3v) is 9.64. The summed E-state index contributed by atoms with van der Waals surface area (Å²) in [5, 5.41) is 7.08. The zero-order chi connectivity index (χ0) is 25.6. The molecule has 0 radical (unpaired) electrons. The van der Waals surface area contributed by atoms with Crippen LogP contribution in [0.3, 0.4) is 0 Å². The molecule has 4 heterocycles. The molecule has 4 aliphatic rings. The number of rotatable bonds is 3.